The van der Waals surface area contributed by atoms with E-state index >= 15 is 0 Å². The molecule has 25 heavy (non-hydrogen) atoms. The maximum Gasteiger partial charge on any atom is 0.337 e. The Hall–Kier alpha value is -2.46. The summed E-state index contributed by atoms with van der Waals surface area (Å²) in [6, 6.07) is 11.2. The molecule has 0 bridgehead atoms. The van der Waals surface area contributed by atoms with Crippen LogP contribution in [0.25, 0.3) is 10.8 Å². The Bertz CT molecular complexity index is 976. The molecular weight excluding hydrogens is 338 g/mol. The first-order chi connectivity index (χ1) is 12.1. The second-order valence-electron chi connectivity index (χ2n) is 6.38. The van der Waals surface area contributed by atoms with Crippen LogP contribution in [0.2, 0.25) is 5.02 Å². The normalized spacial score (nSPS) is 16.6. The number of halogens is 1. The Morgan fingerprint density at radius 3 is 2.92 bits per heavy atom. The molecule has 1 aromatic heterocycles. The van der Waals surface area contributed by atoms with Crippen molar-refractivity contribution in [3.8, 4) is 5.88 Å². The summed E-state index contributed by atoms with van der Waals surface area (Å²) < 4.78 is 6.71. The van der Waals surface area contributed by atoms with Gasteiger partial charge in [0, 0.05) is 11.6 Å². The maximum absolute atomic E-state index is 11.9. The van der Waals surface area contributed by atoms with Gasteiger partial charge in [0.15, 0.2) is 0 Å². The van der Waals surface area contributed by atoms with Crippen molar-refractivity contribution in [2.24, 2.45) is 0 Å². The van der Waals surface area contributed by atoms with E-state index in [9.17, 15) is 9.90 Å². The zero-order valence-corrected chi connectivity index (χ0v) is 14.6. The average Bonchev–Trinajstić information content (AvgIpc) is 2.98. The van der Waals surface area contributed by atoms with E-state index < -0.39 is 0 Å². The van der Waals surface area contributed by atoms with Crippen LogP contribution in [0.1, 0.15) is 40.4 Å². The van der Waals surface area contributed by atoms with Crippen molar-refractivity contribution >= 4 is 28.3 Å². The standard InChI is InChI=1S/C20H18ClNO3/c1-25-20(24)13-9-8-12-4-3-7-17(15(12)10-13)22-11-14-5-2-6-16(21)18(14)19(22)23/h2,5-6,8-11,17,23H,3-4,7H2,1H3/t17-/m1/s1. The Labute approximate surface area is 150 Å². The average molecular weight is 356 g/mol. The smallest absolute Gasteiger partial charge is 0.337 e. The summed E-state index contributed by atoms with van der Waals surface area (Å²) >= 11 is 6.27. The number of fused-ring (bicyclic) bond motifs is 2. The van der Waals surface area contributed by atoms with E-state index in [4.69, 9.17) is 16.3 Å². The molecule has 5 heteroatoms. The first kappa shape index (κ1) is 16.0. The van der Waals surface area contributed by atoms with Gasteiger partial charge in [0.1, 0.15) is 0 Å². The van der Waals surface area contributed by atoms with Gasteiger partial charge in [-0.15, -0.1) is 0 Å². The number of carbonyl (C=O) groups is 1. The number of hydrogen-bond donors (Lipinski definition) is 1. The van der Waals surface area contributed by atoms with E-state index in [0.717, 1.165) is 30.2 Å². The van der Waals surface area contributed by atoms with E-state index in [2.05, 4.69) is 0 Å². The molecule has 0 aliphatic heterocycles. The fourth-order valence-corrected chi connectivity index (χ4v) is 4.04. The van der Waals surface area contributed by atoms with E-state index in [1.165, 1.54) is 12.7 Å². The number of methoxy groups -OCH3 is 1. The molecule has 1 heterocycles. The quantitative estimate of drug-likeness (QED) is 0.677. The van der Waals surface area contributed by atoms with Crippen LogP contribution in [0, 0.1) is 0 Å². The molecular formula is C20H18ClNO3. The summed E-state index contributed by atoms with van der Waals surface area (Å²) in [4.78, 5) is 11.9. The number of nitrogens with zero attached hydrogens (tertiary/aromatic N) is 1. The van der Waals surface area contributed by atoms with Crippen LogP contribution in [-0.4, -0.2) is 22.8 Å². The third kappa shape index (κ3) is 2.57. The van der Waals surface area contributed by atoms with Gasteiger partial charge in [-0.3, -0.25) is 0 Å². The highest BCUT2D eigenvalue weighted by Crippen LogP contribution is 2.41. The lowest BCUT2D eigenvalue weighted by atomic mass is 9.86. The summed E-state index contributed by atoms with van der Waals surface area (Å²) in [5.74, 6) is -0.182. The van der Waals surface area contributed by atoms with Gasteiger partial charge in [-0.2, -0.15) is 0 Å². The van der Waals surface area contributed by atoms with Crippen LogP contribution in [0.15, 0.2) is 42.6 Å². The lowest BCUT2D eigenvalue weighted by molar-refractivity contribution is 0.0600. The molecule has 0 saturated heterocycles. The molecule has 0 spiro atoms. The third-order valence-electron chi connectivity index (χ3n) is 4.98. The Morgan fingerprint density at radius 1 is 1.32 bits per heavy atom. The fraction of sp³-hybridized carbons (Fsp3) is 0.250. The molecule has 4 nitrogen and oxygen atoms in total. The van der Waals surface area contributed by atoms with Gasteiger partial charge in [0.05, 0.1) is 29.1 Å². The molecule has 1 N–H and O–H groups in total. The van der Waals surface area contributed by atoms with Gasteiger partial charge >= 0.3 is 5.97 Å². The Balaban J connectivity index is 1.87. The van der Waals surface area contributed by atoms with Crippen molar-refractivity contribution in [3.05, 3.63) is 64.3 Å². The van der Waals surface area contributed by atoms with Gasteiger partial charge < -0.3 is 14.4 Å². The molecule has 1 aliphatic rings. The largest absolute Gasteiger partial charge is 0.494 e. The van der Waals surface area contributed by atoms with E-state index in [0.29, 0.717) is 16.0 Å². The monoisotopic (exact) mass is 355 g/mol. The minimum atomic E-state index is -0.350. The second-order valence-corrected chi connectivity index (χ2v) is 6.78. The molecule has 128 valence electrons. The highest BCUT2D eigenvalue weighted by Gasteiger charge is 2.26. The van der Waals surface area contributed by atoms with Crippen LogP contribution >= 0.6 is 11.6 Å². The first-order valence-electron chi connectivity index (χ1n) is 8.29. The summed E-state index contributed by atoms with van der Waals surface area (Å²) in [7, 11) is 1.38. The number of esters is 1. The molecule has 1 atom stereocenters. The topological polar surface area (TPSA) is 51.5 Å². The molecule has 0 radical (unpaired) electrons. The zero-order valence-electron chi connectivity index (χ0n) is 13.8. The van der Waals surface area contributed by atoms with Gasteiger partial charge in [-0.05, 0) is 48.6 Å². The van der Waals surface area contributed by atoms with Crippen LogP contribution in [0.3, 0.4) is 0 Å². The second kappa shape index (κ2) is 6.12. The first-order valence-corrected chi connectivity index (χ1v) is 8.67. The summed E-state index contributed by atoms with van der Waals surface area (Å²) in [5.41, 5.74) is 2.79. The third-order valence-corrected chi connectivity index (χ3v) is 5.29. The predicted octanol–water partition coefficient (Wildman–Crippen LogP) is 4.71. The minimum Gasteiger partial charge on any atom is -0.494 e. The molecule has 3 aromatic rings. The van der Waals surface area contributed by atoms with Crippen LogP contribution in [-0.2, 0) is 11.2 Å². The Morgan fingerprint density at radius 2 is 2.16 bits per heavy atom. The van der Waals surface area contributed by atoms with Crippen LogP contribution in [0.5, 0.6) is 5.88 Å². The van der Waals surface area contributed by atoms with Crippen molar-refractivity contribution in [2.45, 2.75) is 25.3 Å². The number of aryl methyl sites for hydroxylation is 1. The van der Waals surface area contributed by atoms with Crippen molar-refractivity contribution in [3.63, 3.8) is 0 Å². The van der Waals surface area contributed by atoms with Crippen molar-refractivity contribution in [1.82, 2.24) is 4.57 Å². The lowest BCUT2D eigenvalue weighted by Crippen LogP contribution is -2.17. The fourth-order valence-electron chi connectivity index (χ4n) is 3.77. The maximum atomic E-state index is 11.9. The molecule has 0 fully saturated rings. The van der Waals surface area contributed by atoms with Crippen molar-refractivity contribution in [1.29, 1.82) is 0 Å². The van der Waals surface area contributed by atoms with Crippen molar-refractivity contribution in [2.75, 3.05) is 7.11 Å². The van der Waals surface area contributed by atoms with Gasteiger partial charge in [-0.1, -0.05) is 29.8 Å². The molecule has 2 aromatic carbocycles. The summed E-state index contributed by atoms with van der Waals surface area (Å²) in [6.45, 7) is 0. The van der Waals surface area contributed by atoms with Gasteiger partial charge in [0.25, 0.3) is 0 Å². The molecule has 0 saturated carbocycles. The highest BCUT2D eigenvalue weighted by atomic mass is 35.5. The molecule has 0 unspecified atom stereocenters. The summed E-state index contributed by atoms with van der Waals surface area (Å²) in [6.07, 6.45) is 4.82. The van der Waals surface area contributed by atoms with Crippen LogP contribution < -0.4 is 0 Å². The lowest BCUT2D eigenvalue weighted by Gasteiger charge is -2.27. The molecule has 0 amide bonds. The van der Waals surface area contributed by atoms with Gasteiger partial charge in [-0.25, -0.2) is 4.79 Å². The van der Waals surface area contributed by atoms with Crippen molar-refractivity contribution < 1.29 is 14.6 Å². The number of benzene rings is 2. The van der Waals surface area contributed by atoms with Gasteiger partial charge in [0.2, 0.25) is 5.88 Å². The summed E-state index contributed by atoms with van der Waals surface area (Å²) in [5, 5.41) is 12.9. The number of rotatable bonds is 2. The zero-order chi connectivity index (χ0) is 17.6. The number of ether oxygens (including phenoxy) is 1. The highest BCUT2D eigenvalue weighted by molar-refractivity contribution is 6.36. The number of aromatic hydroxyl groups is 1. The SMILES string of the molecule is COC(=O)c1ccc2c(c1)[C@H](n1cc3cccc(Cl)c3c1O)CCC2. The number of hydrogen-bond acceptors (Lipinski definition) is 3. The van der Waals surface area contributed by atoms with Crippen LogP contribution in [0.4, 0.5) is 0 Å². The van der Waals surface area contributed by atoms with E-state index in [1.807, 2.05) is 35.0 Å². The number of aromatic nitrogens is 1. The molecule has 4 rings (SSSR count). The Kier molecular flexibility index (Phi) is 3.92. The van der Waals surface area contributed by atoms with E-state index in [1.54, 1.807) is 12.1 Å². The predicted molar refractivity (Wildman–Crippen MR) is 97.5 cm³/mol. The number of carbonyl (C=O) groups excluding carboxylic acids is 1. The minimum absolute atomic E-state index is 0.0307. The molecule has 1 aliphatic carbocycles. The van der Waals surface area contributed by atoms with E-state index in [-0.39, 0.29) is 17.9 Å².